The van der Waals surface area contributed by atoms with Gasteiger partial charge < -0.3 is 9.63 Å². The minimum atomic E-state index is -0.821. The molecule has 6 heteroatoms. The van der Waals surface area contributed by atoms with Crippen LogP contribution in [-0.2, 0) is 11.2 Å². The molecule has 0 radical (unpaired) electrons. The number of carbonyl (C=O) groups is 1. The first-order valence-electron chi connectivity index (χ1n) is 6.26. The van der Waals surface area contributed by atoms with E-state index in [-0.39, 0.29) is 12.3 Å². The van der Waals surface area contributed by atoms with Gasteiger partial charge in [0.2, 0.25) is 11.7 Å². The van der Waals surface area contributed by atoms with E-state index in [0.29, 0.717) is 18.1 Å². The molecule has 20 heavy (non-hydrogen) atoms. The standard InChI is InChI=1S/C14H15BrN2O3/c1-8-3-4-10(11(15)5-8)14-16-12(20-17-14)6-9(2)7-13(18)19/h3-5,9H,6-7H2,1-2H3,(H,18,19). The van der Waals surface area contributed by atoms with E-state index in [9.17, 15) is 4.79 Å². The van der Waals surface area contributed by atoms with Crippen LogP contribution in [0.15, 0.2) is 27.2 Å². The van der Waals surface area contributed by atoms with Gasteiger partial charge in [-0.25, -0.2) is 0 Å². The monoisotopic (exact) mass is 338 g/mol. The number of hydrogen-bond donors (Lipinski definition) is 1. The summed E-state index contributed by atoms with van der Waals surface area (Å²) in [6.07, 6.45) is 0.550. The molecule has 0 saturated carbocycles. The van der Waals surface area contributed by atoms with Gasteiger partial charge in [0.1, 0.15) is 0 Å². The first-order chi connectivity index (χ1) is 9.45. The van der Waals surface area contributed by atoms with E-state index < -0.39 is 5.97 Å². The molecule has 0 saturated heterocycles. The van der Waals surface area contributed by atoms with E-state index in [1.165, 1.54) is 0 Å². The Hall–Kier alpha value is -1.69. The van der Waals surface area contributed by atoms with Crippen LogP contribution >= 0.6 is 15.9 Å². The van der Waals surface area contributed by atoms with Crippen molar-refractivity contribution in [2.24, 2.45) is 5.92 Å². The highest BCUT2D eigenvalue weighted by Crippen LogP contribution is 2.27. The Labute approximate surface area is 125 Å². The topological polar surface area (TPSA) is 76.2 Å². The minimum Gasteiger partial charge on any atom is -0.481 e. The molecule has 0 amide bonds. The fourth-order valence-electron chi connectivity index (χ4n) is 1.92. The van der Waals surface area contributed by atoms with Gasteiger partial charge in [-0.1, -0.05) is 34.1 Å². The van der Waals surface area contributed by atoms with E-state index in [2.05, 4.69) is 26.1 Å². The summed E-state index contributed by atoms with van der Waals surface area (Å²) in [4.78, 5) is 14.9. The van der Waals surface area contributed by atoms with Crippen molar-refractivity contribution < 1.29 is 14.4 Å². The highest BCUT2D eigenvalue weighted by Gasteiger charge is 2.15. The van der Waals surface area contributed by atoms with Crippen LogP contribution in [0.5, 0.6) is 0 Å². The van der Waals surface area contributed by atoms with E-state index >= 15 is 0 Å². The smallest absolute Gasteiger partial charge is 0.303 e. The first kappa shape index (κ1) is 14.7. The molecular formula is C14H15BrN2O3. The number of halogens is 1. The van der Waals surface area contributed by atoms with Gasteiger partial charge in [0.25, 0.3) is 0 Å². The lowest BCUT2D eigenvalue weighted by Gasteiger charge is -2.03. The lowest BCUT2D eigenvalue weighted by molar-refractivity contribution is -0.137. The number of benzene rings is 1. The van der Waals surface area contributed by atoms with Crippen molar-refractivity contribution in [2.75, 3.05) is 0 Å². The minimum absolute atomic E-state index is 0.0396. The second-order valence-electron chi connectivity index (χ2n) is 4.90. The largest absolute Gasteiger partial charge is 0.481 e. The lowest BCUT2D eigenvalue weighted by atomic mass is 10.0. The van der Waals surface area contributed by atoms with Gasteiger partial charge >= 0.3 is 5.97 Å². The van der Waals surface area contributed by atoms with Crippen LogP contribution in [0, 0.1) is 12.8 Å². The molecule has 0 aliphatic rings. The molecule has 1 atom stereocenters. The summed E-state index contributed by atoms with van der Waals surface area (Å²) < 4.78 is 6.09. The molecule has 1 N–H and O–H groups in total. The number of carboxylic acid groups (broad SMARTS) is 1. The van der Waals surface area contributed by atoms with Crippen LogP contribution in [0.1, 0.15) is 24.8 Å². The van der Waals surface area contributed by atoms with E-state index in [4.69, 9.17) is 9.63 Å². The maximum Gasteiger partial charge on any atom is 0.303 e. The number of aromatic nitrogens is 2. The van der Waals surface area contributed by atoms with Crippen molar-refractivity contribution in [1.82, 2.24) is 10.1 Å². The molecule has 106 valence electrons. The average molecular weight is 339 g/mol. The van der Waals surface area contributed by atoms with E-state index in [1.807, 2.05) is 32.0 Å². The lowest BCUT2D eigenvalue weighted by Crippen LogP contribution is -2.07. The maximum atomic E-state index is 10.6. The summed E-state index contributed by atoms with van der Waals surface area (Å²) in [6.45, 7) is 3.85. The zero-order valence-electron chi connectivity index (χ0n) is 11.3. The Morgan fingerprint density at radius 2 is 2.25 bits per heavy atom. The number of aryl methyl sites for hydroxylation is 1. The Kier molecular flexibility index (Phi) is 4.54. The Bertz CT molecular complexity index is 625. The molecule has 0 bridgehead atoms. The third kappa shape index (κ3) is 3.66. The summed E-state index contributed by atoms with van der Waals surface area (Å²) >= 11 is 3.48. The molecule has 1 heterocycles. The second-order valence-corrected chi connectivity index (χ2v) is 5.76. The Morgan fingerprint density at radius 1 is 1.50 bits per heavy atom. The van der Waals surface area contributed by atoms with Gasteiger partial charge in [-0.05, 0) is 30.5 Å². The van der Waals surface area contributed by atoms with Gasteiger partial charge in [-0.15, -0.1) is 0 Å². The Balaban J connectivity index is 2.14. The number of carboxylic acids is 1. The highest BCUT2D eigenvalue weighted by molar-refractivity contribution is 9.10. The van der Waals surface area contributed by atoms with Gasteiger partial charge in [-0.3, -0.25) is 4.79 Å². The van der Waals surface area contributed by atoms with Crippen molar-refractivity contribution in [2.45, 2.75) is 26.7 Å². The molecule has 2 rings (SSSR count). The molecule has 0 fully saturated rings. The van der Waals surface area contributed by atoms with Gasteiger partial charge in [-0.2, -0.15) is 4.98 Å². The molecular weight excluding hydrogens is 324 g/mol. The molecule has 2 aromatic rings. The van der Waals surface area contributed by atoms with Gasteiger partial charge in [0.15, 0.2) is 0 Å². The van der Waals surface area contributed by atoms with Gasteiger partial charge in [0.05, 0.1) is 0 Å². The summed E-state index contributed by atoms with van der Waals surface area (Å²) in [5.74, 6) is 0.108. The van der Waals surface area contributed by atoms with Crippen molar-refractivity contribution >= 4 is 21.9 Å². The summed E-state index contributed by atoms with van der Waals surface area (Å²) in [5, 5.41) is 12.7. The average Bonchev–Trinajstić information content (AvgIpc) is 2.75. The Morgan fingerprint density at radius 3 is 2.90 bits per heavy atom. The maximum absolute atomic E-state index is 10.6. The van der Waals surface area contributed by atoms with Crippen molar-refractivity contribution in [3.63, 3.8) is 0 Å². The van der Waals surface area contributed by atoms with Crippen LogP contribution in [0.25, 0.3) is 11.4 Å². The number of nitrogens with zero attached hydrogens (tertiary/aromatic N) is 2. The fourth-order valence-corrected chi connectivity index (χ4v) is 2.59. The predicted molar refractivity (Wildman–Crippen MR) is 77.3 cm³/mol. The molecule has 0 aliphatic carbocycles. The SMILES string of the molecule is Cc1ccc(-c2noc(CC(C)CC(=O)O)n2)c(Br)c1. The van der Waals surface area contributed by atoms with Crippen LogP contribution in [0.3, 0.4) is 0 Å². The number of aliphatic carboxylic acids is 1. The van der Waals surface area contributed by atoms with Crippen LogP contribution in [0.4, 0.5) is 0 Å². The number of hydrogen-bond acceptors (Lipinski definition) is 4. The van der Waals surface area contributed by atoms with Crippen molar-refractivity contribution in [3.8, 4) is 11.4 Å². The molecule has 0 aliphatic heterocycles. The normalized spacial score (nSPS) is 12.3. The van der Waals surface area contributed by atoms with E-state index in [1.54, 1.807) is 0 Å². The molecule has 1 unspecified atom stereocenters. The second kappa shape index (κ2) is 6.17. The van der Waals surface area contributed by atoms with E-state index in [0.717, 1.165) is 15.6 Å². The summed E-state index contributed by atoms with van der Waals surface area (Å²) in [5.41, 5.74) is 2.00. The third-order valence-corrected chi connectivity index (χ3v) is 3.54. The summed E-state index contributed by atoms with van der Waals surface area (Å²) in [6, 6.07) is 5.89. The van der Waals surface area contributed by atoms with Gasteiger partial charge in [0, 0.05) is 22.9 Å². The quantitative estimate of drug-likeness (QED) is 0.903. The van der Waals surface area contributed by atoms with Crippen molar-refractivity contribution in [1.29, 1.82) is 0 Å². The molecule has 0 spiro atoms. The van der Waals surface area contributed by atoms with Crippen LogP contribution < -0.4 is 0 Å². The first-order valence-corrected chi connectivity index (χ1v) is 7.06. The third-order valence-electron chi connectivity index (χ3n) is 2.88. The molecule has 1 aromatic heterocycles. The van der Waals surface area contributed by atoms with Crippen molar-refractivity contribution in [3.05, 3.63) is 34.1 Å². The number of rotatable bonds is 5. The van der Waals surface area contributed by atoms with Crippen LogP contribution in [0.2, 0.25) is 0 Å². The molecule has 1 aromatic carbocycles. The highest BCUT2D eigenvalue weighted by atomic mass is 79.9. The zero-order chi connectivity index (χ0) is 14.7. The fraction of sp³-hybridized carbons (Fsp3) is 0.357. The predicted octanol–water partition coefficient (Wildman–Crippen LogP) is 3.46. The molecule has 5 nitrogen and oxygen atoms in total. The summed E-state index contributed by atoms with van der Waals surface area (Å²) in [7, 11) is 0. The zero-order valence-corrected chi connectivity index (χ0v) is 12.8. The van der Waals surface area contributed by atoms with Crippen LogP contribution in [-0.4, -0.2) is 21.2 Å².